The van der Waals surface area contributed by atoms with E-state index >= 15 is 0 Å². The van der Waals surface area contributed by atoms with Crippen LogP contribution in [0.3, 0.4) is 0 Å². The SMILES string of the molecule is CCNCc1nnc(NC2CCCCCC2)o1. The molecule has 1 saturated carbocycles. The molecule has 0 unspecified atom stereocenters. The molecule has 2 rings (SSSR count). The van der Waals surface area contributed by atoms with Crippen LogP contribution in [-0.4, -0.2) is 22.8 Å². The average molecular weight is 238 g/mol. The van der Waals surface area contributed by atoms with Gasteiger partial charge in [0.1, 0.15) is 0 Å². The van der Waals surface area contributed by atoms with E-state index in [1.54, 1.807) is 0 Å². The first-order valence-electron chi connectivity index (χ1n) is 6.68. The van der Waals surface area contributed by atoms with Gasteiger partial charge in [0.25, 0.3) is 0 Å². The molecule has 1 heterocycles. The van der Waals surface area contributed by atoms with Crippen molar-refractivity contribution in [3.05, 3.63) is 5.89 Å². The lowest BCUT2D eigenvalue weighted by Gasteiger charge is -2.13. The number of anilines is 1. The predicted molar refractivity (Wildman–Crippen MR) is 66.8 cm³/mol. The van der Waals surface area contributed by atoms with Crippen molar-refractivity contribution in [3.63, 3.8) is 0 Å². The number of hydrogen-bond donors (Lipinski definition) is 2. The number of hydrogen-bond acceptors (Lipinski definition) is 5. The van der Waals surface area contributed by atoms with E-state index in [9.17, 15) is 0 Å². The first-order chi connectivity index (χ1) is 8.38. The molecular weight excluding hydrogens is 216 g/mol. The molecule has 1 aliphatic rings. The van der Waals surface area contributed by atoms with Crippen molar-refractivity contribution in [2.24, 2.45) is 0 Å². The summed E-state index contributed by atoms with van der Waals surface area (Å²) in [5.41, 5.74) is 0. The van der Waals surface area contributed by atoms with Crippen molar-refractivity contribution in [2.45, 2.75) is 58.0 Å². The molecule has 0 atom stereocenters. The van der Waals surface area contributed by atoms with Crippen molar-refractivity contribution >= 4 is 6.01 Å². The molecule has 0 saturated heterocycles. The van der Waals surface area contributed by atoms with E-state index < -0.39 is 0 Å². The van der Waals surface area contributed by atoms with Crippen LogP contribution in [-0.2, 0) is 6.54 Å². The molecule has 17 heavy (non-hydrogen) atoms. The molecule has 0 amide bonds. The minimum absolute atomic E-state index is 0.505. The number of nitrogens with one attached hydrogen (secondary N) is 2. The topological polar surface area (TPSA) is 63.0 Å². The van der Waals surface area contributed by atoms with Crippen molar-refractivity contribution in [1.29, 1.82) is 0 Å². The standard InChI is InChI=1S/C12H22N4O/c1-2-13-9-11-15-16-12(17-11)14-10-7-5-3-4-6-8-10/h10,13H,2-9H2,1H3,(H,14,16). The van der Waals surface area contributed by atoms with E-state index in [0.29, 0.717) is 24.5 Å². The lowest BCUT2D eigenvalue weighted by molar-refractivity contribution is 0.471. The van der Waals surface area contributed by atoms with Crippen LogP contribution in [0.25, 0.3) is 0 Å². The van der Waals surface area contributed by atoms with Crippen molar-refractivity contribution < 1.29 is 4.42 Å². The molecule has 1 aliphatic carbocycles. The molecule has 5 heteroatoms. The van der Waals surface area contributed by atoms with Gasteiger partial charge in [-0.1, -0.05) is 37.7 Å². The van der Waals surface area contributed by atoms with Crippen LogP contribution in [0.1, 0.15) is 51.3 Å². The van der Waals surface area contributed by atoms with Gasteiger partial charge in [0.2, 0.25) is 5.89 Å². The number of rotatable bonds is 5. The summed E-state index contributed by atoms with van der Waals surface area (Å²) in [5, 5.41) is 14.5. The van der Waals surface area contributed by atoms with Crippen LogP contribution >= 0.6 is 0 Å². The van der Waals surface area contributed by atoms with Crippen LogP contribution < -0.4 is 10.6 Å². The largest absolute Gasteiger partial charge is 0.407 e. The second kappa shape index (κ2) is 6.59. The molecule has 1 fully saturated rings. The Morgan fingerprint density at radius 1 is 1.18 bits per heavy atom. The van der Waals surface area contributed by atoms with Crippen LogP contribution in [0.4, 0.5) is 6.01 Å². The molecular formula is C12H22N4O. The third-order valence-electron chi connectivity index (χ3n) is 3.18. The van der Waals surface area contributed by atoms with Crippen LogP contribution in [0.15, 0.2) is 4.42 Å². The lowest BCUT2D eigenvalue weighted by Crippen LogP contribution is -2.18. The van der Waals surface area contributed by atoms with Gasteiger partial charge < -0.3 is 15.1 Å². The van der Waals surface area contributed by atoms with Crippen LogP contribution in [0.5, 0.6) is 0 Å². The molecule has 0 radical (unpaired) electrons. The van der Waals surface area contributed by atoms with E-state index in [2.05, 4.69) is 27.8 Å². The first-order valence-corrected chi connectivity index (χ1v) is 6.68. The highest BCUT2D eigenvalue weighted by molar-refractivity contribution is 5.19. The number of aromatic nitrogens is 2. The molecule has 2 N–H and O–H groups in total. The van der Waals surface area contributed by atoms with E-state index in [1.165, 1.54) is 38.5 Å². The highest BCUT2D eigenvalue weighted by atomic mass is 16.4. The maximum Gasteiger partial charge on any atom is 0.315 e. The lowest BCUT2D eigenvalue weighted by atomic mass is 10.1. The Bertz CT molecular complexity index is 318. The van der Waals surface area contributed by atoms with Gasteiger partial charge in [-0.3, -0.25) is 0 Å². The van der Waals surface area contributed by atoms with Crippen molar-refractivity contribution in [3.8, 4) is 0 Å². The summed E-state index contributed by atoms with van der Waals surface area (Å²) in [6.45, 7) is 3.62. The zero-order chi connectivity index (χ0) is 11.9. The van der Waals surface area contributed by atoms with Gasteiger partial charge in [0.15, 0.2) is 0 Å². The highest BCUT2D eigenvalue weighted by Gasteiger charge is 2.14. The average Bonchev–Trinajstić information content (AvgIpc) is 2.61. The second-order valence-corrected chi connectivity index (χ2v) is 4.61. The van der Waals surface area contributed by atoms with Crippen molar-refractivity contribution in [2.75, 3.05) is 11.9 Å². The maximum absolute atomic E-state index is 5.53. The monoisotopic (exact) mass is 238 g/mol. The van der Waals surface area contributed by atoms with Gasteiger partial charge in [-0.15, -0.1) is 5.10 Å². The van der Waals surface area contributed by atoms with Gasteiger partial charge in [-0.05, 0) is 19.4 Å². The summed E-state index contributed by atoms with van der Waals surface area (Å²) < 4.78 is 5.53. The van der Waals surface area contributed by atoms with Gasteiger partial charge in [0.05, 0.1) is 6.54 Å². The number of nitrogens with zero attached hydrogens (tertiary/aromatic N) is 2. The fraction of sp³-hybridized carbons (Fsp3) is 0.833. The molecule has 0 aromatic carbocycles. The zero-order valence-corrected chi connectivity index (χ0v) is 10.5. The Balaban J connectivity index is 1.82. The Morgan fingerprint density at radius 3 is 2.65 bits per heavy atom. The van der Waals surface area contributed by atoms with E-state index in [4.69, 9.17) is 4.42 Å². The summed E-state index contributed by atoms with van der Waals surface area (Å²) in [7, 11) is 0. The zero-order valence-electron chi connectivity index (χ0n) is 10.5. The summed E-state index contributed by atoms with van der Waals surface area (Å²) in [6.07, 6.45) is 7.74. The Hall–Kier alpha value is -1.10. The third kappa shape index (κ3) is 4.00. The van der Waals surface area contributed by atoms with Crippen molar-refractivity contribution in [1.82, 2.24) is 15.5 Å². The van der Waals surface area contributed by atoms with E-state index in [1.807, 2.05) is 0 Å². The fourth-order valence-electron chi connectivity index (χ4n) is 2.21. The van der Waals surface area contributed by atoms with Gasteiger partial charge in [-0.25, -0.2) is 0 Å². The van der Waals surface area contributed by atoms with Gasteiger partial charge in [0, 0.05) is 6.04 Å². The first kappa shape index (κ1) is 12.4. The molecule has 0 bridgehead atoms. The maximum atomic E-state index is 5.53. The summed E-state index contributed by atoms with van der Waals surface area (Å²) in [4.78, 5) is 0. The molecule has 0 spiro atoms. The second-order valence-electron chi connectivity index (χ2n) is 4.61. The predicted octanol–water partition coefficient (Wildman–Crippen LogP) is 2.31. The quantitative estimate of drug-likeness (QED) is 0.771. The van der Waals surface area contributed by atoms with E-state index in [-0.39, 0.29) is 0 Å². The molecule has 96 valence electrons. The van der Waals surface area contributed by atoms with Gasteiger partial charge >= 0.3 is 6.01 Å². The van der Waals surface area contributed by atoms with Crippen LogP contribution in [0, 0.1) is 0 Å². The smallest absolute Gasteiger partial charge is 0.315 e. The normalized spacial score (nSPS) is 17.9. The Kier molecular flexibility index (Phi) is 4.79. The summed E-state index contributed by atoms with van der Waals surface area (Å²) >= 11 is 0. The molecule has 0 aliphatic heterocycles. The van der Waals surface area contributed by atoms with Crippen LogP contribution in [0.2, 0.25) is 0 Å². The Labute approximate surface area is 102 Å². The Morgan fingerprint density at radius 2 is 1.94 bits per heavy atom. The summed E-state index contributed by atoms with van der Waals surface area (Å²) in [6, 6.07) is 1.08. The molecule has 1 aromatic heterocycles. The molecule has 5 nitrogen and oxygen atoms in total. The van der Waals surface area contributed by atoms with E-state index in [0.717, 1.165) is 6.54 Å². The highest BCUT2D eigenvalue weighted by Crippen LogP contribution is 2.20. The van der Waals surface area contributed by atoms with Gasteiger partial charge in [-0.2, -0.15) is 0 Å². The molecule has 1 aromatic rings. The minimum atomic E-state index is 0.505. The minimum Gasteiger partial charge on any atom is -0.407 e. The fourth-order valence-corrected chi connectivity index (χ4v) is 2.21. The summed E-state index contributed by atoms with van der Waals surface area (Å²) in [5.74, 6) is 0.656. The third-order valence-corrected chi connectivity index (χ3v) is 3.18.